The van der Waals surface area contributed by atoms with Gasteiger partial charge in [-0.15, -0.1) is 22.7 Å². The normalized spacial score (nSPS) is 10.9. The lowest BCUT2D eigenvalue weighted by Gasteiger charge is -2.01. The molecule has 3 rings (SSSR count). The molecule has 0 amide bonds. The van der Waals surface area contributed by atoms with Crippen molar-refractivity contribution in [2.75, 3.05) is 6.54 Å². The fourth-order valence-corrected chi connectivity index (χ4v) is 3.54. The zero-order chi connectivity index (χ0) is 12.9. The van der Waals surface area contributed by atoms with E-state index in [-0.39, 0.29) is 0 Å². The molecular weight excluding hydrogens is 274 g/mol. The van der Waals surface area contributed by atoms with Crippen molar-refractivity contribution in [2.24, 2.45) is 0 Å². The summed E-state index contributed by atoms with van der Waals surface area (Å²) in [5, 5.41) is 7.82. The summed E-state index contributed by atoms with van der Waals surface area (Å²) in [6.07, 6.45) is 4.59. The van der Waals surface area contributed by atoms with Crippen LogP contribution in [0.1, 0.15) is 10.6 Å². The fraction of sp³-hybridized carbons (Fsp3) is 0.214. The lowest BCUT2D eigenvalue weighted by molar-refractivity contribution is 0.688. The summed E-state index contributed by atoms with van der Waals surface area (Å²) >= 11 is 3.61. The Morgan fingerprint density at radius 1 is 1.32 bits per heavy atom. The summed E-state index contributed by atoms with van der Waals surface area (Å²) in [4.78, 5) is 9.85. The Balaban J connectivity index is 1.48. The summed E-state index contributed by atoms with van der Waals surface area (Å²) < 4.78 is 0. The first-order chi connectivity index (χ1) is 9.42. The molecule has 3 aromatic heterocycles. The van der Waals surface area contributed by atoms with E-state index in [9.17, 15) is 0 Å². The van der Waals surface area contributed by atoms with Gasteiger partial charge in [-0.05, 0) is 22.9 Å². The number of thiophene rings is 2. The van der Waals surface area contributed by atoms with Crippen LogP contribution in [0.4, 0.5) is 0 Å². The van der Waals surface area contributed by atoms with Crippen LogP contribution in [0.2, 0.25) is 0 Å². The number of imidazole rings is 1. The van der Waals surface area contributed by atoms with Crippen LogP contribution in [0.3, 0.4) is 0 Å². The van der Waals surface area contributed by atoms with Crippen molar-refractivity contribution in [1.82, 2.24) is 15.3 Å². The van der Waals surface area contributed by atoms with Crippen molar-refractivity contribution >= 4 is 22.7 Å². The lowest BCUT2D eigenvalue weighted by Crippen LogP contribution is -2.16. The van der Waals surface area contributed by atoms with Gasteiger partial charge in [0.2, 0.25) is 0 Å². The molecular formula is C14H15N3S2. The summed E-state index contributed by atoms with van der Waals surface area (Å²) in [6, 6.07) is 6.54. The van der Waals surface area contributed by atoms with Gasteiger partial charge in [0.1, 0.15) is 0 Å². The molecule has 19 heavy (non-hydrogen) atoms. The summed E-state index contributed by atoms with van der Waals surface area (Å²) in [7, 11) is 0. The second-order valence-electron chi connectivity index (χ2n) is 4.28. The van der Waals surface area contributed by atoms with E-state index in [1.54, 1.807) is 17.7 Å². The Morgan fingerprint density at radius 2 is 2.32 bits per heavy atom. The van der Waals surface area contributed by atoms with Crippen molar-refractivity contribution in [1.29, 1.82) is 0 Å². The van der Waals surface area contributed by atoms with Gasteiger partial charge in [0.25, 0.3) is 0 Å². The van der Waals surface area contributed by atoms with Gasteiger partial charge >= 0.3 is 0 Å². The van der Waals surface area contributed by atoms with Crippen LogP contribution in [0.25, 0.3) is 10.4 Å². The Morgan fingerprint density at radius 3 is 3.11 bits per heavy atom. The summed E-state index contributed by atoms with van der Waals surface area (Å²) in [6.45, 7) is 1.90. The topological polar surface area (TPSA) is 40.7 Å². The van der Waals surface area contributed by atoms with Crippen molar-refractivity contribution < 1.29 is 0 Å². The van der Waals surface area contributed by atoms with E-state index in [0.29, 0.717) is 0 Å². The van der Waals surface area contributed by atoms with Crippen molar-refractivity contribution in [3.05, 3.63) is 52.1 Å². The summed E-state index contributed by atoms with van der Waals surface area (Å²) in [5.74, 6) is 0. The molecule has 0 fully saturated rings. The lowest BCUT2D eigenvalue weighted by atomic mass is 10.2. The summed E-state index contributed by atoms with van der Waals surface area (Å²) in [5.41, 5.74) is 2.52. The van der Waals surface area contributed by atoms with Gasteiger partial charge in [-0.2, -0.15) is 0 Å². The molecule has 3 heterocycles. The molecule has 2 N–H and O–H groups in total. The average Bonchev–Trinajstić information content (AvgIpc) is 3.15. The molecule has 0 saturated carbocycles. The largest absolute Gasteiger partial charge is 0.348 e. The molecule has 0 aromatic carbocycles. The molecule has 5 heteroatoms. The minimum Gasteiger partial charge on any atom is -0.348 e. The predicted molar refractivity (Wildman–Crippen MR) is 81.6 cm³/mol. The molecule has 0 saturated heterocycles. The molecule has 0 unspecified atom stereocenters. The number of nitrogens with zero attached hydrogens (tertiary/aromatic N) is 1. The van der Waals surface area contributed by atoms with Crippen LogP contribution in [0.15, 0.2) is 41.5 Å². The van der Waals surface area contributed by atoms with Gasteiger partial charge in [-0.1, -0.05) is 6.07 Å². The molecule has 0 aliphatic heterocycles. The fourth-order valence-electron chi connectivity index (χ4n) is 1.90. The third-order valence-electron chi connectivity index (χ3n) is 2.88. The van der Waals surface area contributed by atoms with Crippen LogP contribution in [-0.2, 0) is 13.0 Å². The van der Waals surface area contributed by atoms with E-state index >= 15 is 0 Å². The average molecular weight is 289 g/mol. The van der Waals surface area contributed by atoms with E-state index in [4.69, 9.17) is 0 Å². The highest BCUT2D eigenvalue weighted by Gasteiger charge is 2.03. The van der Waals surface area contributed by atoms with Crippen molar-refractivity contribution in [3.8, 4) is 10.4 Å². The van der Waals surface area contributed by atoms with E-state index < -0.39 is 0 Å². The highest BCUT2D eigenvalue weighted by molar-refractivity contribution is 7.14. The third-order valence-corrected chi connectivity index (χ3v) is 4.74. The molecule has 0 radical (unpaired) electrons. The van der Waals surface area contributed by atoms with Gasteiger partial charge in [0, 0.05) is 46.7 Å². The first kappa shape index (κ1) is 12.6. The number of H-pyrrole nitrogens is 1. The SMILES string of the molecule is c1csc(-c2csc(CNCCc3cnc[nH]3)c2)c1. The van der Waals surface area contributed by atoms with E-state index in [1.807, 2.05) is 17.5 Å². The monoisotopic (exact) mass is 289 g/mol. The van der Waals surface area contributed by atoms with Crippen LogP contribution < -0.4 is 5.32 Å². The van der Waals surface area contributed by atoms with Crippen LogP contribution in [0.5, 0.6) is 0 Å². The first-order valence-electron chi connectivity index (χ1n) is 6.21. The van der Waals surface area contributed by atoms with Crippen molar-refractivity contribution in [3.63, 3.8) is 0 Å². The van der Waals surface area contributed by atoms with Gasteiger partial charge in [-0.3, -0.25) is 0 Å². The van der Waals surface area contributed by atoms with E-state index in [0.717, 1.165) is 19.5 Å². The van der Waals surface area contributed by atoms with E-state index in [1.165, 1.54) is 21.0 Å². The Hall–Kier alpha value is -1.43. The van der Waals surface area contributed by atoms with Crippen LogP contribution in [-0.4, -0.2) is 16.5 Å². The molecule has 0 atom stereocenters. The van der Waals surface area contributed by atoms with Gasteiger partial charge in [-0.25, -0.2) is 4.98 Å². The first-order valence-corrected chi connectivity index (χ1v) is 7.97. The Bertz CT molecular complexity index is 596. The maximum atomic E-state index is 4.01. The second kappa shape index (κ2) is 6.14. The van der Waals surface area contributed by atoms with Gasteiger partial charge in [0.05, 0.1) is 6.33 Å². The second-order valence-corrected chi connectivity index (χ2v) is 6.23. The maximum Gasteiger partial charge on any atom is 0.0921 e. The number of aromatic amines is 1. The number of hydrogen-bond donors (Lipinski definition) is 2. The van der Waals surface area contributed by atoms with Crippen LogP contribution >= 0.6 is 22.7 Å². The quantitative estimate of drug-likeness (QED) is 0.682. The zero-order valence-corrected chi connectivity index (χ0v) is 12.1. The molecule has 0 bridgehead atoms. The third kappa shape index (κ3) is 3.32. The molecule has 3 nitrogen and oxygen atoms in total. The molecule has 0 aliphatic carbocycles. The Kier molecular flexibility index (Phi) is 4.07. The molecule has 0 aliphatic rings. The zero-order valence-electron chi connectivity index (χ0n) is 10.4. The number of aromatic nitrogens is 2. The standard InChI is InChI=1S/C14H15N3S2/c1-2-14(18-5-1)11-6-13(19-9-11)8-15-4-3-12-7-16-10-17-12/h1-2,5-7,9-10,15H,3-4,8H2,(H,16,17). The van der Waals surface area contributed by atoms with Gasteiger partial charge < -0.3 is 10.3 Å². The van der Waals surface area contributed by atoms with E-state index in [2.05, 4.69) is 44.2 Å². The van der Waals surface area contributed by atoms with Crippen molar-refractivity contribution in [2.45, 2.75) is 13.0 Å². The highest BCUT2D eigenvalue weighted by atomic mass is 32.1. The van der Waals surface area contributed by atoms with Gasteiger partial charge in [0.15, 0.2) is 0 Å². The minimum absolute atomic E-state index is 0.935. The highest BCUT2D eigenvalue weighted by Crippen LogP contribution is 2.29. The smallest absolute Gasteiger partial charge is 0.0921 e. The molecule has 0 spiro atoms. The maximum absolute atomic E-state index is 4.01. The van der Waals surface area contributed by atoms with Crippen LogP contribution in [0, 0.1) is 0 Å². The molecule has 3 aromatic rings. The number of rotatable bonds is 6. The number of hydrogen-bond acceptors (Lipinski definition) is 4. The number of nitrogens with one attached hydrogen (secondary N) is 2. The molecule has 98 valence electrons. The predicted octanol–water partition coefficient (Wildman–Crippen LogP) is 3.53. The minimum atomic E-state index is 0.935. The Labute approximate surface area is 120 Å².